The highest BCUT2D eigenvalue weighted by Crippen LogP contribution is 2.10. The fourth-order valence-corrected chi connectivity index (χ4v) is 2.90. The summed E-state index contributed by atoms with van der Waals surface area (Å²) in [5, 5.41) is 0. The van der Waals surface area contributed by atoms with Crippen LogP contribution in [0.25, 0.3) is 0 Å². The first kappa shape index (κ1) is 17.0. The third kappa shape index (κ3) is 5.41. The van der Waals surface area contributed by atoms with Gasteiger partial charge < -0.3 is 0 Å². The fraction of sp³-hybridized carbons (Fsp3) is 0.158. The average Bonchev–Trinajstić information content (AvgIpc) is 2.54. The lowest BCUT2D eigenvalue weighted by atomic mass is 10.2. The van der Waals surface area contributed by atoms with Crippen molar-refractivity contribution in [2.75, 3.05) is 6.54 Å². The molecule has 0 unspecified atom stereocenters. The van der Waals surface area contributed by atoms with E-state index in [2.05, 4.69) is 16.6 Å². The van der Waals surface area contributed by atoms with Gasteiger partial charge in [-0.3, -0.25) is 0 Å². The van der Waals surface area contributed by atoms with Crippen molar-refractivity contribution in [1.29, 1.82) is 0 Å². The summed E-state index contributed by atoms with van der Waals surface area (Å²) >= 11 is 0. The second kappa shape index (κ2) is 7.77. The largest absolute Gasteiger partial charge is 0.240 e. The first-order chi connectivity index (χ1) is 11.0. The van der Waals surface area contributed by atoms with Crippen LogP contribution in [0.5, 0.6) is 0 Å². The van der Waals surface area contributed by atoms with Gasteiger partial charge in [-0.2, -0.15) is 0 Å². The van der Waals surface area contributed by atoms with Crippen molar-refractivity contribution in [2.24, 2.45) is 0 Å². The Morgan fingerprint density at radius 2 is 1.74 bits per heavy atom. The number of benzene rings is 2. The molecule has 0 bridgehead atoms. The molecule has 118 valence electrons. The molecule has 0 radical (unpaired) electrons. The molecule has 0 atom stereocenters. The van der Waals surface area contributed by atoms with Gasteiger partial charge in [0.25, 0.3) is 0 Å². The third-order valence-electron chi connectivity index (χ3n) is 3.18. The van der Waals surface area contributed by atoms with Gasteiger partial charge in [0, 0.05) is 12.1 Å². The van der Waals surface area contributed by atoms with Crippen LogP contribution in [0.3, 0.4) is 0 Å². The molecular formula is C19H19NO2S. The predicted octanol–water partition coefficient (Wildman–Crippen LogP) is 3.27. The van der Waals surface area contributed by atoms with Crippen molar-refractivity contribution in [3.05, 3.63) is 77.4 Å². The van der Waals surface area contributed by atoms with E-state index in [1.54, 1.807) is 30.3 Å². The summed E-state index contributed by atoms with van der Waals surface area (Å²) in [6, 6.07) is 16.4. The van der Waals surface area contributed by atoms with Gasteiger partial charge in [-0.15, -0.1) is 0 Å². The van der Waals surface area contributed by atoms with Crippen LogP contribution in [0.1, 0.15) is 18.1 Å². The minimum atomic E-state index is -3.49. The Morgan fingerprint density at radius 1 is 1.09 bits per heavy atom. The van der Waals surface area contributed by atoms with Crippen LogP contribution >= 0.6 is 0 Å². The van der Waals surface area contributed by atoms with Crippen molar-refractivity contribution in [3.8, 4) is 11.8 Å². The molecule has 0 aromatic heterocycles. The molecule has 23 heavy (non-hydrogen) atoms. The van der Waals surface area contributed by atoms with Gasteiger partial charge in [0.05, 0.1) is 4.90 Å². The molecule has 0 aliphatic heterocycles. The maximum atomic E-state index is 12.2. The minimum Gasteiger partial charge on any atom is -0.207 e. The Kier molecular flexibility index (Phi) is 5.75. The summed E-state index contributed by atoms with van der Waals surface area (Å²) in [4.78, 5) is 0.270. The summed E-state index contributed by atoms with van der Waals surface area (Å²) in [5.41, 5.74) is 2.80. The molecule has 0 amide bonds. The molecule has 0 aliphatic carbocycles. The van der Waals surface area contributed by atoms with Crippen LogP contribution in [0.15, 0.2) is 71.1 Å². The lowest BCUT2D eigenvalue weighted by Gasteiger charge is -2.06. The van der Waals surface area contributed by atoms with E-state index in [-0.39, 0.29) is 11.4 Å². The zero-order valence-corrected chi connectivity index (χ0v) is 14.0. The quantitative estimate of drug-likeness (QED) is 0.877. The number of allylic oxidation sites excluding steroid dienone is 1. The molecule has 0 saturated heterocycles. The van der Waals surface area contributed by atoms with Gasteiger partial charge in [-0.25, -0.2) is 13.1 Å². The SMILES string of the molecule is C/C(=C\C#Cc1ccccc1)CNS(=O)(=O)c1ccc(C)cc1. The molecule has 2 aromatic rings. The normalized spacial score (nSPS) is 11.7. The number of aryl methyl sites for hydroxylation is 1. The molecule has 1 N–H and O–H groups in total. The van der Waals surface area contributed by atoms with Gasteiger partial charge in [-0.1, -0.05) is 53.3 Å². The van der Waals surface area contributed by atoms with E-state index < -0.39 is 10.0 Å². The van der Waals surface area contributed by atoms with Crippen LogP contribution in [-0.4, -0.2) is 15.0 Å². The lowest BCUT2D eigenvalue weighted by molar-refractivity contribution is 0.584. The van der Waals surface area contributed by atoms with Crippen LogP contribution < -0.4 is 4.72 Å². The van der Waals surface area contributed by atoms with Gasteiger partial charge in [0.2, 0.25) is 10.0 Å². The smallest absolute Gasteiger partial charge is 0.207 e. The van der Waals surface area contributed by atoms with E-state index in [0.29, 0.717) is 0 Å². The van der Waals surface area contributed by atoms with Crippen LogP contribution in [0.2, 0.25) is 0 Å². The predicted molar refractivity (Wildman–Crippen MR) is 93.4 cm³/mol. The zero-order valence-electron chi connectivity index (χ0n) is 13.2. The minimum absolute atomic E-state index is 0.236. The topological polar surface area (TPSA) is 46.2 Å². The van der Waals surface area contributed by atoms with Crippen LogP contribution in [0.4, 0.5) is 0 Å². The monoisotopic (exact) mass is 325 g/mol. The first-order valence-electron chi connectivity index (χ1n) is 7.26. The highest BCUT2D eigenvalue weighted by atomic mass is 32.2. The molecule has 3 nitrogen and oxygen atoms in total. The molecule has 2 rings (SSSR count). The van der Waals surface area contributed by atoms with Crippen molar-refractivity contribution < 1.29 is 8.42 Å². The number of nitrogens with one attached hydrogen (secondary N) is 1. The molecule has 0 spiro atoms. The summed E-state index contributed by atoms with van der Waals surface area (Å²) in [7, 11) is -3.49. The van der Waals surface area contributed by atoms with Crippen LogP contribution in [0, 0.1) is 18.8 Å². The molecule has 4 heteroatoms. The fourth-order valence-electron chi connectivity index (χ4n) is 1.82. The Morgan fingerprint density at radius 3 is 2.39 bits per heavy atom. The van der Waals surface area contributed by atoms with Gasteiger partial charge >= 0.3 is 0 Å². The van der Waals surface area contributed by atoms with Crippen molar-refractivity contribution in [1.82, 2.24) is 4.72 Å². The Hall–Kier alpha value is -2.35. The number of hydrogen-bond donors (Lipinski definition) is 1. The maximum absolute atomic E-state index is 12.2. The standard InChI is InChI=1S/C19H19NO2S/c1-16-11-13-19(14-12-16)23(21,22)20-15-17(2)7-6-10-18-8-4-3-5-9-18/h3-5,7-9,11-14,20H,15H2,1-2H3/b17-7+. The summed E-state index contributed by atoms with van der Waals surface area (Å²) in [5.74, 6) is 5.95. The molecular weight excluding hydrogens is 306 g/mol. The number of rotatable bonds is 4. The highest BCUT2D eigenvalue weighted by molar-refractivity contribution is 7.89. The summed E-state index contributed by atoms with van der Waals surface area (Å²) in [6.07, 6.45) is 1.73. The van der Waals surface area contributed by atoms with E-state index in [9.17, 15) is 8.42 Å². The van der Waals surface area contributed by atoms with Crippen molar-refractivity contribution >= 4 is 10.0 Å². The molecule has 0 heterocycles. The summed E-state index contributed by atoms with van der Waals surface area (Å²) in [6.45, 7) is 4.00. The Bertz CT molecular complexity index is 840. The van der Waals surface area contributed by atoms with Gasteiger partial charge in [0.15, 0.2) is 0 Å². The molecule has 0 fully saturated rings. The zero-order chi connectivity index (χ0) is 16.7. The molecule has 0 saturated carbocycles. The number of hydrogen-bond acceptors (Lipinski definition) is 2. The van der Waals surface area contributed by atoms with E-state index in [1.807, 2.05) is 44.2 Å². The van der Waals surface area contributed by atoms with E-state index >= 15 is 0 Å². The van der Waals surface area contributed by atoms with Crippen molar-refractivity contribution in [2.45, 2.75) is 18.7 Å². The third-order valence-corrected chi connectivity index (χ3v) is 4.60. The second-order valence-corrected chi connectivity index (χ2v) is 7.03. The second-order valence-electron chi connectivity index (χ2n) is 5.26. The summed E-state index contributed by atoms with van der Waals surface area (Å²) < 4.78 is 26.9. The maximum Gasteiger partial charge on any atom is 0.240 e. The van der Waals surface area contributed by atoms with Gasteiger partial charge in [0.1, 0.15) is 0 Å². The Labute approximate surface area is 138 Å². The first-order valence-corrected chi connectivity index (χ1v) is 8.74. The Balaban J connectivity index is 1.98. The van der Waals surface area contributed by atoms with Crippen molar-refractivity contribution in [3.63, 3.8) is 0 Å². The molecule has 0 aliphatic rings. The highest BCUT2D eigenvalue weighted by Gasteiger charge is 2.12. The van der Waals surface area contributed by atoms with E-state index in [1.165, 1.54) is 0 Å². The average molecular weight is 325 g/mol. The van der Waals surface area contributed by atoms with E-state index in [4.69, 9.17) is 0 Å². The number of sulfonamides is 1. The van der Waals surface area contributed by atoms with E-state index in [0.717, 1.165) is 16.7 Å². The van der Waals surface area contributed by atoms with Crippen LogP contribution in [-0.2, 0) is 10.0 Å². The molecule has 2 aromatic carbocycles. The van der Waals surface area contributed by atoms with Gasteiger partial charge in [-0.05, 0) is 44.2 Å². The lowest BCUT2D eigenvalue weighted by Crippen LogP contribution is -2.25.